The van der Waals surface area contributed by atoms with Crippen LogP contribution in [0.1, 0.15) is 18.2 Å². The second-order valence-corrected chi connectivity index (χ2v) is 5.90. The third-order valence-corrected chi connectivity index (χ3v) is 3.69. The first kappa shape index (κ1) is 18.8. The van der Waals surface area contributed by atoms with E-state index in [4.69, 9.17) is 13.9 Å². The van der Waals surface area contributed by atoms with Crippen LogP contribution in [0.5, 0.6) is 5.75 Å². The van der Waals surface area contributed by atoms with Gasteiger partial charge in [0.05, 0.1) is 7.11 Å². The van der Waals surface area contributed by atoms with Gasteiger partial charge in [-0.2, -0.15) is 0 Å². The Morgan fingerprint density at radius 3 is 2.56 bits per heavy atom. The maximum absolute atomic E-state index is 12.0. The molecule has 0 fully saturated rings. The number of halogens is 1. The lowest BCUT2D eigenvalue weighted by atomic mass is 10.2. The summed E-state index contributed by atoms with van der Waals surface area (Å²) in [6.07, 6.45) is 1.77. The number of rotatable bonds is 7. The molecule has 1 aromatic heterocycles. The van der Waals surface area contributed by atoms with E-state index in [0.717, 1.165) is 11.3 Å². The molecule has 2 rings (SSSR count). The molecule has 0 spiro atoms. The number of esters is 1. The summed E-state index contributed by atoms with van der Waals surface area (Å²) in [6.45, 7) is 1.85. The molecule has 132 valence electrons. The average molecular weight is 408 g/mol. The number of hydrogen-bond donors (Lipinski definition) is 1. The first-order chi connectivity index (χ1) is 12.0. The van der Waals surface area contributed by atoms with Crippen molar-refractivity contribution in [3.8, 4) is 5.75 Å². The first-order valence-corrected chi connectivity index (χ1v) is 8.32. The van der Waals surface area contributed by atoms with Gasteiger partial charge in [-0.05, 0) is 58.8 Å². The predicted octanol–water partition coefficient (Wildman–Crippen LogP) is 3.31. The molecule has 1 amide bonds. The minimum absolute atomic E-state index is 0.334. The van der Waals surface area contributed by atoms with Crippen LogP contribution >= 0.6 is 15.9 Å². The zero-order chi connectivity index (χ0) is 18.2. The Kier molecular flexibility index (Phi) is 6.82. The minimum Gasteiger partial charge on any atom is -0.497 e. The average Bonchev–Trinajstić information content (AvgIpc) is 3.03. The van der Waals surface area contributed by atoms with Crippen molar-refractivity contribution in [1.29, 1.82) is 0 Å². The molecule has 1 aromatic carbocycles. The summed E-state index contributed by atoms with van der Waals surface area (Å²) < 4.78 is 15.9. The summed E-state index contributed by atoms with van der Waals surface area (Å²) in [5.74, 6) is 0.242. The summed E-state index contributed by atoms with van der Waals surface area (Å²) >= 11 is 3.17. The molecule has 0 radical (unpaired) electrons. The van der Waals surface area contributed by atoms with E-state index in [1.807, 2.05) is 24.3 Å². The SMILES string of the molecule is COc1ccc(CNC(=O)[C@@H](C)OC(=O)/C=C/c2ccc(Br)o2)cc1. The largest absolute Gasteiger partial charge is 0.497 e. The van der Waals surface area contributed by atoms with E-state index in [-0.39, 0.29) is 5.91 Å². The van der Waals surface area contributed by atoms with Gasteiger partial charge in [-0.25, -0.2) is 4.79 Å². The van der Waals surface area contributed by atoms with Gasteiger partial charge in [-0.3, -0.25) is 4.79 Å². The summed E-state index contributed by atoms with van der Waals surface area (Å²) in [5.41, 5.74) is 0.913. The fourth-order valence-electron chi connectivity index (χ4n) is 1.91. The van der Waals surface area contributed by atoms with Crippen molar-refractivity contribution in [2.24, 2.45) is 0 Å². The Hall–Kier alpha value is -2.54. The fraction of sp³-hybridized carbons (Fsp3) is 0.222. The van der Waals surface area contributed by atoms with Crippen molar-refractivity contribution in [2.45, 2.75) is 19.6 Å². The van der Waals surface area contributed by atoms with E-state index in [9.17, 15) is 9.59 Å². The van der Waals surface area contributed by atoms with Gasteiger partial charge in [0.2, 0.25) is 0 Å². The van der Waals surface area contributed by atoms with Crippen molar-refractivity contribution in [3.05, 3.63) is 58.5 Å². The smallest absolute Gasteiger partial charge is 0.331 e. The lowest BCUT2D eigenvalue weighted by Crippen LogP contribution is -2.35. The van der Waals surface area contributed by atoms with Gasteiger partial charge in [0, 0.05) is 12.6 Å². The number of benzene rings is 1. The standard InChI is InChI=1S/C18H18BrNO5/c1-12(24-17(21)10-8-15-7-9-16(19)25-15)18(22)20-11-13-3-5-14(23-2)6-4-13/h3-10,12H,11H2,1-2H3,(H,20,22)/b10-8+/t12-/m1/s1. The molecular weight excluding hydrogens is 390 g/mol. The van der Waals surface area contributed by atoms with E-state index in [2.05, 4.69) is 21.2 Å². The molecule has 0 saturated heterocycles. The monoisotopic (exact) mass is 407 g/mol. The molecule has 1 atom stereocenters. The molecule has 25 heavy (non-hydrogen) atoms. The van der Waals surface area contributed by atoms with E-state index >= 15 is 0 Å². The van der Waals surface area contributed by atoms with Crippen molar-refractivity contribution >= 4 is 33.9 Å². The van der Waals surface area contributed by atoms with Crippen molar-refractivity contribution < 1.29 is 23.5 Å². The molecule has 0 bridgehead atoms. The highest BCUT2D eigenvalue weighted by Crippen LogP contribution is 2.15. The van der Waals surface area contributed by atoms with Crippen molar-refractivity contribution in [3.63, 3.8) is 0 Å². The van der Waals surface area contributed by atoms with Crippen LogP contribution in [0.15, 0.2) is 51.6 Å². The third-order valence-electron chi connectivity index (χ3n) is 3.27. The van der Waals surface area contributed by atoms with Gasteiger partial charge in [-0.1, -0.05) is 12.1 Å². The second-order valence-electron chi connectivity index (χ2n) is 5.12. The van der Waals surface area contributed by atoms with Crippen molar-refractivity contribution in [2.75, 3.05) is 7.11 Å². The number of furan rings is 1. The van der Waals surface area contributed by atoms with E-state index < -0.39 is 12.1 Å². The number of methoxy groups -OCH3 is 1. The zero-order valence-electron chi connectivity index (χ0n) is 13.8. The van der Waals surface area contributed by atoms with Gasteiger partial charge in [0.1, 0.15) is 11.5 Å². The van der Waals surface area contributed by atoms with Gasteiger partial charge in [0.25, 0.3) is 5.91 Å². The number of carbonyl (C=O) groups excluding carboxylic acids is 2. The quantitative estimate of drug-likeness (QED) is 0.562. The highest BCUT2D eigenvalue weighted by atomic mass is 79.9. The Balaban J connectivity index is 1.78. The predicted molar refractivity (Wildman–Crippen MR) is 95.8 cm³/mol. The molecule has 1 N–H and O–H groups in total. The van der Waals surface area contributed by atoms with Crippen LogP contribution in [0.2, 0.25) is 0 Å². The Labute approximate surface area is 153 Å². The van der Waals surface area contributed by atoms with Crippen LogP contribution in [0, 0.1) is 0 Å². The van der Waals surface area contributed by atoms with Gasteiger partial charge in [0.15, 0.2) is 10.8 Å². The van der Waals surface area contributed by atoms with E-state index in [1.165, 1.54) is 19.1 Å². The maximum Gasteiger partial charge on any atom is 0.331 e. The molecule has 0 aliphatic rings. The molecule has 7 heteroatoms. The number of hydrogen-bond acceptors (Lipinski definition) is 5. The number of carbonyl (C=O) groups is 2. The summed E-state index contributed by atoms with van der Waals surface area (Å²) in [4.78, 5) is 23.7. The van der Waals surface area contributed by atoms with E-state index in [1.54, 1.807) is 19.2 Å². The Morgan fingerprint density at radius 2 is 1.96 bits per heavy atom. The number of ether oxygens (including phenoxy) is 2. The van der Waals surface area contributed by atoms with E-state index in [0.29, 0.717) is 17.0 Å². The van der Waals surface area contributed by atoms with Gasteiger partial charge >= 0.3 is 5.97 Å². The Morgan fingerprint density at radius 1 is 1.24 bits per heavy atom. The van der Waals surface area contributed by atoms with Gasteiger partial charge < -0.3 is 19.2 Å². The molecule has 0 unspecified atom stereocenters. The molecule has 0 aliphatic carbocycles. The number of amides is 1. The third kappa shape index (κ3) is 6.11. The van der Waals surface area contributed by atoms with Crippen LogP contribution < -0.4 is 10.1 Å². The summed E-state index contributed by atoms with van der Waals surface area (Å²) in [7, 11) is 1.59. The maximum atomic E-state index is 12.0. The zero-order valence-corrected chi connectivity index (χ0v) is 15.4. The second kappa shape index (κ2) is 9.08. The minimum atomic E-state index is -0.904. The van der Waals surface area contributed by atoms with Crippen LogP contribution in [0.25, 0.3) is 6.08 Å². The lowest BCUT2D eigenvalue weighted by molar-refractivity contribution is -0.150. The van der Waals surface area contributed by atoms with Crippen molar-refractivity contribution in [1.82, 2.24) is 5.32 Å². The molecule has 1 heterocycles. The topological polar surface area (TPSA) is 77.8 Å². The molecule has 6 nitrogen and oxygen atoms in total. The van der Waals surface area contributed by atoms with Crippen LogP contribution in [0.4, 0.5) is 0 Å². The lowest BCUT2D eigenvalue weighted by Gasteiger charge is -2.12. The molecule has 0 saturated carbocycles. The van der Waals surface area contributed by atoms with Gasteiger partial charge in [-0.15, -0.1) is 0 Å². The molecular formula is C18H18BrNO5. The normalized spacial score (nSPS) is 12.0. The fourth-order valence-corrected chi connectivity index (χ4v) is 2.23. The molecule has 0 aliphatic heterocycles. The Bertz CT molecular complexity index is 751. The first-order valence-electron chi connectivity index (χ1n) is 7.52. The highest BCUT2D eigenvalue weighted by molar-refractivity contribution is 9.10. The highest BCUT2D eigenvalue weighted by Gasteiger charge is 2.16. The molecule has 2 aromatic rings. The van der Waals surface area contributed by atoms with Crippen LogP contribution in [-0.2, 0) is 20.9 Å². The van der Waals surface area contributed by atoms with Crippen LogP contribution in [-0.4, -0.2) is 25.1 Å². The number of nitrogens with one attached hydrogen (secondary N) is 1. The summed E-state index contributed by atoms with van der Waals surface area (Å²) in [5, 5.41) is 2.71. The summed E-state index contributed by atoms with van der Waals surface area (Å²) in [6, 6.07) is 10.7. The van der Waals surface area contributed by atoms with Crippen LogP contribution in [0.3, 0.4) is 0 Å².